The summed E-state index contributed by atoms with van der Waals surface area (Å²) < 4.78 is 13.2. The zero-order valence-electron chi connectivity index (χ0n) is 13.9. The summed E-state index contributed by atoms with van der Waals surface area (Å²) in [6.45, 7) is 0. The molecule has 2 aromatic heterocycles. The first-order valence-corrected chi connectivity index (χ1v) is 8.61. The molecule has 1 fully saturated rings. The van der Waals surface area contributed by atoms with Crippen molar-refractivity contribution in [1.82, 2.24) is 20.2 Å². The van der Waals surface area contributed by atoms with Crippen molar-refractivity contribution in [2.75, 3.05) is 5.32 Å². The summed E-state index contributed by atoms with van der Waals surface area (Å²) in [5, 5.41) is 11.7. The largest absolute Gasteiger partial charge is 0.323 e. The van der Waals surface area contributed by atoms with E-state index >= 15 is 0 Å². The minimum Gasteiger partial charge on any atom is -0.323 e. The van der Waals surface area contributed by atoms with Crippen LogP contribution in [-0.4, -0.2) is 20.2 Å². The molecule has 0 saturated heterocycles. The van der Waals surface area contributed by atoms with Crippen LogP contribution in [0.15, 0.2) is 54.6 Å². The molecule has 0 amide bonds. The zero-order chi connectivity index (χ0) is 17.5. The van der Waals surface area contributed by atoms with Gasteiger partial charge in [-0.05, 0) is 49.2 Å². The number of hydrogen-bond donors (Lipinski definition) is 2. The van der Waals surface area contributed by atoms with Crippen LogP contribution in [0.2, 0.25) is 0 Å². The summed E-state index contributed by atoms with van der Waals surface area (Å²) in [6, 6.07) is 16.0. The molecule has 0 spiro atoms. The highest BCUT2D eigenvalue weighted by atomic mass is 19.1. The van der Waals surface area contributed by atoms with Gasteiger partial charge in [0.2, 0.25) is 0 Å². The van der Waals surface area contributed by atoms with Gasteiger partial charge < -0.3 is 5.32 Å². The van der Waals surface area contributed by atoms with Crippen LogP contribution >= 0.6 is 0 Å². The highest BCUT2D eigenvalue weighted by molar-refractivity contribution is 5.91. The average Bonchev–Trinajstić information content (AvgIpc) is 3.42. The molecule has 2 heterocycles. The lowest BCUT2D eigenvalue weighted by Gasteiger charge is -2.09. The van der Waals surface area contributed by atoms with E-state index in [1.165, 1.54) is 25.0 Å². The van der Waals surface area contributed by atoms with Crippen molar-refractivity contribution in [3.05, 3.63) is 66.1 Å². The second-order valence-electron chi connectivity index (χ2n) is 6.53. The summed E-state index contributed by atoms with van der Waals surface area (Å²) >= 11 is 0. The number of halogens is 1. The maximum atomic E-state index is 13.2. The Bertz CT molecular complexity index is 1080. The maximum absolute atomic E-state index is 13.2. The third-order valence-electron chi connectivity index (χ3n) is 4.57. The normalized spacial score (nSPS) is 13.9. The quantitative estimate of drug-likeness (QED) is 0.558. The van der Waals surface area contributed by atoms with E-state index in [4.69, 9.17) is 0 Å². The average molecular weight is 345 g/mol. The van der Waals surface area contributed by atoms with Gasteiger partial charge in [0.15, 0.2) is 11.6 Å². The molecule has 0 radical (unpaired) electrons. The predicted molar refractivity (Wildman–Crippen MR) is 98.8 cm³/mol. The van der Waals surface area contributed by atoms with Crippen molar-refractivity contribution in [2.45, 2.75) is 18.8 Å². The Hall–Kier alpha value is -3.28. The Morgan fingerprint density at radius 2 is 1.81 bits per heavy atom. The SMILES string of the molecule is Fc1ccc(-c2nc(Nc3cc(C4CC4)[nH]n3)c3ccccc3n2)cc1. The fourth-order valence-corrected chi connectivity index (χ4v) is 3.03. The highest BCUT2D eigenvalue weighted by Gasteiger charge is 2.25. The van der Waals surface area contributed by atoms with Crippen LogP contribution < -0.4 is 5.32 Å². The first-order chi connectivity index (χ1) is 12.8. The van der Waals surface area contributed by atoms with Crippen LogP contribution in [0.4, 0.5) is 16.0 Å². The summed E-state index contributed by atoms with van der Waals surface area (Å²) in [7, 11) is 0. The van der Waals surface area contributed by atoms with E-state index < -0.39 is 0 Å². The summed E-state index contributed by atoms with van der Waals surface area (Å²) in [5.41, 5.74) is 2.74. The van der Waals surface area contributed by atoms with E-state index in [-0.39, 0.29) is 5.82 Å². The lowest BCUT2D eigenvalue weighted by molar-refractivity contribution is 0.628. The number of H-pyrrole nitrogens is 1. The number of aromatic amines is 1. The smallest absolute Gasteiger partial charge is 0.162 e. The molecule has 0 aliphatic heterocycles. The molecule has 0 unspecified atom stereocenters. The molecule has 5 rings (SSSR count). The van der Waals surface area contributed by atoms with Crippen molar-refractivity contribution in [3.63, 3.8) is 0 Å². The Morgan fingerprint density at radius 3 is 2.62 bits per heavy atom. The Labute approximate surface area is 149 Å². The van der Waals surface area contributed by atoms with Gasteiger partial charge in [0.05, 0.1) is 5.52 Å². The van der Waals surface area contributed by atoms with Gasteiger partial charge in [-0.1, -0.05) is 12.1 Å². The first kappa shape index (κ1) is 15.0. The Balaban J connectivity index is 1.58. The monoisotopic (exact) mass is 345 g/mol. The second kappa shape index (κ2) is 5.91. The lowest BCUT2D eigenvalue weighted by atomic mass is 10.2. The van der Waals surface area contributed by atoms with E-state index in [2.05, 4.69) is 25.5 Å². The van der Waals surface area contributed by atoms with Gasteiger partial charge in [0.1, 0.15) is 11.6 Å². The van der Waals surface area contributed by atoms with Gasteiger partial charge in [-0.15, -0.1) is 0 Å². The van der Waals surface area contributed by atoms with Crippen LogP contribution in [0, 0.1) is 5.82 Å². The van der Waals surface area contributed by atoms with Crippen LogP contribution in [0.25, 0.3) is 22.3 Å². The van der Waals surface area contributed by atoms with Crippen LogP contribution in [0.3, 0.4) is 0 Å². The van der Waals surface area contributed by atoms with Crippen molar-refractivity contribution in [1.29, 1.82) is 0 Å². The van der Waals surface area contributed by atoms with Gasteiger partial charge in [0, 0.05) is 28.6 Å². The molecular formula is C20H16FN5. The molecule has 2 aromatic carbocycles. The van der Waals surface area contributed by atoms with Gasteiger partial charge >= 0.3 is 0 Å². The molecule has 128 valence electrons. The van der Waals surface area contributed by atoms with E-state index in [1.54, 1.807) is 12.1 Å². The van der Waals surface area contributed by atoms with Gasteiger partial charge in [-0.25, -0.2) is 14.4 Å². The minimum atomic E-state index is -0.281. The van der Waals surface area contributed by atoms with Gasteiger partial charge in [-0.3, -0.25) is 5.10 Å². The molecule has 4 aromatic rings. The molecular weight excluding hydrogens is 329 g/mol. The molecule has 26 heavy (non-hydrogen) atoms. The number of para-hydroxylation sites is 1. The molecule has 2 N–H and O–H groups in total. The zero-order valence-corrected chi connectivity index (χ0v) is 13.9. The van der Waals surface area contributed by atoms with E-state index in [9.17, 15) is 4.39 Å². The van der Waals surface area contributed by atoms with Crippen LogP contribution in [0.1, 0.15) is 24.5 Å². The number of nitrogens with one attached hydrogen (secondary N) is 2. The molecule has 1 aliphatic carbocycles. The Morgan fingerprint density at radius 1 is 1.00 bits per heavy atom. The Kier molecular flexibility index (Phi) is 3.41. The number of benzene rings is 2. The topological polar surface area (TPSA) is 66.5 Å². The summed E-state index contributed by atoms with van der Waals surface area (Å²) in [4.78, 5) is 9.29. The molecule has 0 atom stereocenters. The van der Waals surface area contributed by atoms with Crippen LogP contribution in [-0.2, 0) is 0 Å². The van der Waals surface area contributed by atoms with E-state index in [0.717, 1.165) is 28.0 Å². The van der Waals surface area contributed by atoms with Crippen LogP contribution in [0.5, 0.6) is 0 Å². The number of fused-ring (bicyclic) bond motifs is 1. The van der Waals surface area contributed by atoms with E-state index in [0.29, 0.717) is 17.6 Å². The third kappa shape index (κ3) is 2.79. The summed E-state index contributed by atoms with van der Waals surface area (Å²) in [5.74, 6) is 2.29. The molecule has 0 bridgehead atoms. The van der Waals surface area contributed by atoms with E-state index in [1.807, 2.05) is 30.3 Å². The molecule has 5 nitrogen and oxygen atoms in total. The fourth-order valence-electron chi connectivity index (χ4n) is 3.03. The third-order valence-corrected chi connectivity index (χ3v) is 4.57. The summed E-state index contributed by atoms with van der Waals surface area (Å²) in [6.07, 6.45) is 2.43. The lowest BCUT2D eigenvalue weighted by Crippen LogP contribution is -1.99. The molecule has 6 heteroatoms. The van der Waals surface area contributed by atoms with Crippen molar-refractivity contribution >= 4 is 22.5 Å². The molecule has 1 aliphatic rings. The van der Waals surface area contributed by atoms with Crippen molar-refractivity contribution < 1.29 is 4.39 Å². The van der Waals surface area contributed by atoms with Gasteiger partial charge in [-0.2, -0.15) is 5.10 Å². The van der Waals surface area contributed by atoms with Crippen molar-refractivity contribution in [3.8, 4) is 11.4 Å². The van der Waals surface area contributed by atoms with Gasteiger partial charge in [0.25, 0.3) is 0 Å². The minimum absolute atomic E-state index is 0.281. The number of hydrogen-bond acceptors (Lipinski definition) is 4. The fraction of sp³-hybridized carbons (Fsp3) is 0.150. The number of aromatic nitrogens is 4. The number of rotatable bonds is 4. The highest BCUT2D eigenvalue weighted by Crippen LogP contribution is 2.39. The first-order valence-electron chi connectivity index (χ1n) is 8.61. The van der Waals surface area contributed by atoms with Crippen molar-refractivity contribution in [2.24, 2.45) is 0 Å². The molecule has 1 saturated carbocycles. The predicted octanol–water partition coefficient (Wildman–Crippen LogP) is 4.78. The number of nitrogens with zero attached hydrogens (tertiary/aromatic N) is 3. The maximum Gasteiger partial charge on any atom is 0.162 e. The second-order valence-corrected chi connectivity index (χ2v) is 6.53. The number of anilines is 2. The standard InChI is InChI=1S/C20H16FN5/c21-14-9-7-13(8-10-14)19-22-16-4-2-1-3-15(16)20(24-19)23-18-11-17(25-26-18)12-5-6-12/h1-4,7-12H,5-6H2,(H2,22,23,24,25,26).